The lowest BCUT2D eigenvalue weighted by atomic mass is 9.83. The van der Waals surface area contributed by atoms with E-state index in [0.717, 1.165) is 10.5 Å². The lowest BCUT2D eigenvalue weighted by Crippen LogP contribution is -2.42. The molecule has 0 saturated carbocycles. The van der Waals surface area contributed by atoms with Crippen LogP contribution in [-0.2, 0) is 17.0 Å². The zero-order valence-corrected chi connectivity index (χ0v) is 15.6. The van der Waals surface area contributed by atoms with Crippen LogP contribution in [0.5, 0.6) is 0 Å². The molecule has 29 heavy (non-hydrogen) atoms. The van der Waals surface area contributed by atoms with E-state index in [1.165, 1.54) is 31.4 Å². The number of aromatic nitrogens is 1. The molecule has 0 aliphatic carbocycles. The fourth-order valence-corrected chi connectivity index (χ4v) is 3.49. The number of pyridine rings is 1. The Bertz CT molecular complexity index is 1120. The van der Waals surface area contributed by atoms with Gasteiger partial charge in [-0.15, -0.1) is 0 Å². The van der Waals surface area contributed by atoms with Crippen molar-refractivity contribution < 1.29 is 13.6 Å². The standard InChI is InChI=1S/C22H18F2N4O/c1-28-20(29)22(27-21(28)25,19-11-14(13-23)9-10-26-19)17-12-16(7-8-18(17)24)15-5-3-2-4-6-15/h2-12H,13H2,1H3,(H2,25,27). The summed E-state index contributed by atoms with van der Waals surface area (Å²) in [4.78, 5) is 23.0. The van der Waals surface area contributed by atoms with Crippen LogP contribution in [0.25, 0.3) is 11.1 Å². The van der Waals surface area contributed by atoms with Crippen molar-refractivity contribution in [2.24, 2.45) is 10.7 Å². The highest BCUT2D eigenvalue weighted by molar-refractivity contribution is 6.08. The van der Waals surface area contributed by atoms with Crippen LogP contribution in [0.3, 0.4) is 0 Å². The van der Waals surface area contributed by atoms with Crippen molar-refractivity contribution in [1.82, 2.24) is 9.88 Å². The van der Waals surface area contributed by atoms with Crippen LogP contribution < -0.4 is 5.73 Å². The van der Waals surface area contributed by atoms with Crippen molar-refractivity contribution in [2.75, 3.05) is 7.05 Å². The predicted octanol–water partition coefficient (Wildman–Crippen LogP) is 3.39. The summed E-state index contributed by atoms with van der Waals surface area (Å²) in [5.41, 5.74) is 6.10. The number of nitrogens with two attached hydrogens (primary N) is 1. The van der Waals surface area contributed by atoms with Crippen LogP contribution in [0.2, 0.25) is 0 Å². The summed E-state index contributed by atoms with van der Waals surface area (Å²) < 4.78 is 28.4. The average molecular weight is 392 g/mol. The summed E-state index contributed by atoms with van der Waals surface area (Å²) in [6, 6.07) is 16.8. The number of guanidine groups is 1. The molecule has 3 aromatic rings. The van der Waals surface area contributed by atoms with Gasteiger partial charge in [0.25, 0.3) is 5.91 Å². The Morgan fingerprint density at radius 1 is 1.07 bits per heavy atom. The molecular weight excluding hydrogens is 374 g/mol. The number of carbonyl (C=O) groups is 1. The monoisotopic (exact) mass is 392 g/mol. The SMILES string of the molecule is CN1C(=O)C(c2cc(CF)ccn2)(c2cc(-c3ccccc3)ccc2F)N=C1N. The second-order valence-electron chi connectivity index (χ2n) is 6.79. The number of aliphatic imine (C=N–C) groups is 1. The first kappa shape index (κ1) is 18.7. The van der Waals surface area contributed by atoms with E-state index in [-0.39, 0.29) is 17.2 Å². The van der Waals surface area contributed by atoms with Gasteiger partial charge < -0.3 is 5.73 Å². The molecule has 2 heterocycles. The zero-order chi connectivity index (χ0) is 20.6. The number of halogens is 2. The van der Waals surface area contributed by atoms with E-state index in [9.17, 15) is 9.18 Å². The Morgan fingerprint density at radius 3 is 2.48 bits per heavy atom. The molecule has 1 unspecified atom stereocenters. The molecule has 146 valence electrons. The number of amides is 1. The van der Waals surface area contributed by atoms with Gasteiger partial charge in [-0.25, -0.2) is 13.8 Å². The molecule has 0 saturated heterocycles. The van der Waals surface area contributed by atoms with Gasteiger partial charge in [-0.2, -0.15) is 0 Å². The molecule has 2 aromatic carbocycles. The van der Waals surface area contributed by atoms with Crippen LogP contribution >= 0.6 is 0 Å². The highest BCUT2D eigenvalue weighted by atomic mass is 19.1. The third-order valence-corrected chi connectivity index (χ3v) is 5.05. The van der Waals surface area contributed by atoms with Gasteiger partial charge in [0.05, 0.1) is 5.69 Å². The van der Waals surface area contributed by atoms with Gasteiger partial charge in [0, 0.05) is 18.8 Å². The Labute approximate surface area is 166 Å². The fourth-order valence-electron chi connectivity index (χ4n) is 3.49. The minimum absolute atomic E-state index is 0.0136. The van der Waals surface area contributed by atoms with E-state index >= 15 is 4.39 Å². The van der Waals surface area contributed by atoms with Gasteiger partial charge >= 0.3 is 0 Å². The van der Waals surface area contributed by atoms with Crippen molar-refractivity contribution in [2.45, 2.75) is 12.2 Å². The van der Waals surface area contributed by atoms with E-state index in [1.807, 2.05) is 30.3 Å². The fraction of sp³-hybridized carbons (Fsp3) is 0.136. The van der Waals surface area contributed by atoms with Crippen LogP contribution in [-0.4, -0.2) is 28.8 Å². The smallest absolute Gasteiger partial charge is 0.268 e. The number of hydrogen-bond donors (Lipinski definition) is 1. The molecular formula is C22H18F2N4O. The van der Waals surface area contributed by atoms with Gasteiger partial charge in [0.2, 0.25) is 5.54 Å². The molecule has 5 nitrogen and oxygen atoms in total. The highest BCUT2D eigenvalue weighted by Crippen LogP contribution is 2.41. The van der Waals surface area contributed by atoms with Crippen LogP contribution in [0.15, 0.2) is 71.9 Å². The number of alkyl halides is 1. The maximum absolute atomic E-state index is 15.1. The third kappa shape index (κ3) is 2.95. The van der Waals surface area contributed by atoms with Gasteiger partial charge in [0.1, 0.15) is 12.5 Å². The van der Waals surface area contributed by atoms with Crippen LogP contribution in [0, 0.1) is 5.82 Å². The summed E-state index contributed by atoms with van der Waals surface area (Å²) in [6.07, 6.45) is 1.38. The Morgan fingerprint density at radius 2 is 1.83 bits per heavy atom. The molecule has 0 spiro atoms. The third-order valence-electron chi connectivity index (χ3n) is 5.05. The highest BCUT2D eigenvalue weighted by Gasteiger charge is 2.52. The summed E-state index contributed by atoms with van der Waals surface area (Å²) in [5.74, 6) is -1.24. The first-order chi connectivity index (χ1) is 14.0. The van der Waals surface area contributed by atoms with Crippen molar-refractivity contribution in [3.63, 3.8) is 0 Å². The van der Waals surface area contributed by atoms with Crippen molar-refractivity contribution in [3.05, 3.63) is 89.5 Å². The van der Waals surface area contributed by atoms with E-state index in [4.69, 9.17) is 5.73 Å². The molecule has 0 bridgehead atoms. The molecule has 1 aliphatic heterocycles. The number of benzene rings is 2. The van der Waals surface area contributed by atoms with Crippen LogP contribution in [0.4, 0.5) is 8.78 Å². The molecule has 0 fully saturated rings. The van der Waals surface area contributed by atoms with Crippen molar-refractivity contribution in [1.29, 1.82) is 0 Å². The van der Waals surface area contributed by atoms with Crippen molar-refractivity contribution in [3.8, 4) is 11.1 Å². The summed E-state index contributed by atoms with van der Waals surface area (Å²) in [5, 5.41) is 0. The molecule has 0 radical (unpaired) electrons. The molecule has 7 heteroatoms. The summed E-state index contributed by atoms with van der Waals surface area (Å²) >= 11 is 0. The van der Waals surface area contributed by atoms with Gasteiger partial charge in [-0.3, -0.25) is 14.7 Å². The minimum Gasteiger partial charge on any atom is -0.369 e. The molecule has 1 aromatic heterocycles. The number of likely N-dealkylation sites (N-methyl/N-ethyl adjacent to an activating group) is 1. The summed E-state index contributed by atoms with van der Waals surface area (Å²) in [7, 11) is 1.46. The van der Waals surface area contributed by atoms with E-state index in [2.05, 4.69) is 9.98 Å². The van der Waals surface area contributed by atoms with Crippen LogP contribution in [0.1, 0.15) is 16.8 Å². The quantitative estimate of drug-likeness (QED) is 0.740. The van der Waals surface area contributed by atoms with Crippen molar-refractivity contribution >= 4 is 11.9 Å². The maximum atomic E-state index is 15.1. The number of rotatable bonds is 4. The summed E-state index contributed by atoms with van der Waals surface area (Å²) in [6.45, 7) is -0.749. The average Bonchev–Trinajstić information content (AvgIpc) is 2.99. The molecule has 1 aliphatic rings. The lowest BCUT2D eigenvalue weighted by molar-refractivity contribution is -0.129. The number of carbonyl (C=O) groups excluding carboxylic acids is 1. The Balaban J connectivity index is 2.00. The van der Waals surface area contributed by atoms with E-state index in [1.54, 1.807) is 12.1 Å². The second-order valence-corrected chi connectivity index (χ2v) is 6.79. The number of hydrogen-bond acceptors (Lipinski definition) is 4. The molecule has 1 amide bonds. The molecule has 4 rings (SSSR count). The number of nitrogens with zero attached hydrogens (tertiary/aromatic N) is 3. The maximum Gasteiger partial charge on any atom is 0.268 e. The predicted molar refractivity (Wildman–Crippen MR) is 106 cm³/mol. The largest absolute Gasteiger partial charge is 0.369 e. The molecule has 2 N–H and O–H groups in total. The minimum atomic E-state index is -1.82. The Hall–Kier alpha value is -3.61. The Kier molecular flexibility index (Phi) is 4.58. The normalized spacial score (nSPS) is 18.8. The van der Waals surface area contributed by atoms with Gasteiger partial charge in [-0.1, -0.05) is 36.4 Å². The lowest BCUT2D eigenvalue weighted by Gasteiger charge is -2.26. The van der Waals surface area contributed by atoms with E-state index in [0.29, 0.717) is 11.1 Å². The first-order valence-electron chi connectivity index (χ1n) is 8.97. The second kappa shape index (κ2) is 7.09. The molecule has 1 atom stereocenters. The van der Waals surface area contributed by atoms with E-state index < -0.39 is 23.9 Å². The zero-order valence-electron chi connectivity index (χ0n) is 15.6. The first-order valence-corrected chi connectivity index (χ1v) is 8.97. The topological polar surface area (TPSA) is 71.6 Å². The van der Waals surface area contributed by atoms with Gasteiger partial charge in [0.15, 0.2) is 5.96 Å². The van der Waals surface area contributed by atoms with Gasteiger partial charge in [-0.05, 0) is 41.0 Å².